The number of nitrogens with two attached hydrogens (primary N) is 1. The third-order valence-electron chi connectivity index (χ3n) is 9.19. The number of nitrogens with zero attached hydrogens (tertiary/aromatic N) is 2. The fourth-order valence-electron chi connectivity index (χ4n) is 6.36. The Labute approximate surface area is 317 Å². The van der Waals surface area contributed by atoms with Crippen LogP contribution in [0.5, 0.6) is 5.75 Å². The van der Waals surface area contributed by atoms with Crippen LogP contribution in [0.3, 0.4) is 0 Å². The van der Waals surface area contributed by atoms with Crippen LogP contribution in [-0.2, 0) is 10.2 Å². The Kier molecular flexibility index (Phi) is 13.2. The number of hydrogen-bond acceptors (Lipinski definition) is 5. The summed E-state index contributed by atoms with van der Waals surface area (Å²) in [7, 11) is 0. The molecule has 5 rings (SSSR count). The first-order chi connectivity index (χ1) is 25.0. The van der Waals surface area contributed by atoms with Gasteiger partial charge in [-0.2, -0.15) is 0 Å². The van der Waals surface area contributed by atoms with E-state index in [9.17, 15) is 9.59 Å². The molecule has 2 atom stereocenters. The average molecular weight is 743 g/mol. The number of amides is 3. The molecule has 0 aromatic heterocycles. The molecule has 0 fully saturated rings. The number of unbranched alkanes of at least 4 members (excludes halogenated alkanes) is 4. The monoisotopic (exact) mass is 741 g/mol. The first kappa shape index (κ1) is 38.7. The number of carbonyl (C=O) groups excluding carboxylic acids is 2. The first-order valence-electron chi connectivity index (χ1n) is 18.0. The number of amidine groups is 1. The number of urea groups is 1. The summed E-state index contributed by atoms with van der Waals surface area (Å²) in [5, 5.41) is 7.31. The van der Waals surface area contributed by atoms with Gasteiger partial charge >= 0.3 is 6.03 Å². The zero-order chi connectivity index (χ0) is 37.3. The van der Waals surface area contributed by atoms with Gasteiger partial charge in [0, 0.05) is 23.0 Å². The number of carbonyl (C=O) groups is 2. The highest BCUT2D eigenvalue weighted by atomic mass is 35.5. The average Bonchev–Trinajstić information content (AvgIpc) is 3.51. The highest BCUT2D eigenvalue weighted by Gasteiger charge is 2.43. The van der Waals surface area contributed by atoms with Gasteiger partial charge in [0.05, 0.1) is 29.6 Å². The topological polar surface area (TPSA) is 109 Å². The number of rotatable bonds is 14. The van der Waals surface area contributed by atoms with E-state index in [0.717, 1.165) is 54.4 Å². The van der Waals surface area contributed by atoms with Gasteiger partial charge in [-0.3, -0.25) is 14.7 Å². The smallest absolute Gasteiger partial charge is 0.323 e. The van der Waals surface area contributed by atoms with Gasteiger partial charge in [0.2, 0.25) is 5.91 Å². The molecule has 0 saturated carbocycles. The molecule has 2 unspecified atom stereocenters. The van der Waals surface area contributed by atoms with Gasteiger partial charge in [-0.25, -0.2) is 4.79 Å². The van der Waals surface area contributed by atoms with Gasteiger partial charge in [0.1, 0.15) is 17.6 Å². The summed E-state index contributed by atoms with van der Waals surface area (Å²) in [6.07, 6.45) is 4.81. The van der Waals surface area contributed by atoms with E-state index in [1.165, 1.54) is 0 Å². The van der Waals surface area contributed by atoms with Crippen LogP contribution in [0, 0.1) is 0 Å². The highest BCUT2D eigenvalue weighted by Crippen LogP contribution is 2.45. The minimum absolute atomic E-state index is 0.0408. The maximum Gasteiger partial charge on any atom is 0.323 e. The molecule has 0 radical (unpaired) electrons. The molecule has 0 bridgehead atoms. The number of ether oxygens (including phenoxy) is 1. The quantitative estimate of drug-likeness (QED) is 0.0883. The molecule has 10 heteroatoms. The molecule has 274 valence electrons. The molecule has 0 spiro atoms. The van der Waals surface area contributed by atoms with Crippen molar-refractivity contribution in [1.82, 2.24) is 10.2 Å². The van der Waals surface area contributed by atoms with E-state index >= 15 is 0 Å². The van der Waals surface area contributed by atoms with Crippen molar-refractivity contribution in [1.29, 1.82) is 0 Å². The van der Waals surface area contributed by atoms with Crippen LogP contribution in [0.1, 0.15) is 101 Å². The molecule has 3 amide bonds. The Balaban J connectivity index is 1.32. The fourth-order valence-corrected chi connectivity index (χ4v) is 6.61. The minimum atomic E-state index is -0.456. The van der Waals surface area contributed by atoms with Crippen molar-refractivity contribution in [2.24, 2.45) is 4.99 Å². The summed E-state index contributed by atoms with van der Waals surface area (Å²) in [5.41, 5.74) is 10.7. The predicted octanol–water partition coefficient (Wildman–Crippen LogP) is 10.5. The third-order valence-corrected chi connectivity index (χ3v) is 9.69. The normalized spacial score (nSPS) is 15.7. The summed E-state index contributed by atoms with van der Waals surface area (Å²) < 4.78 is 6.22. The van der Waals surface area contributed by atoms with Crippen molar-refractivity contribution >= 4 is 52.4 Å². The van der Waals surface area contributed by atoms with Gasteiger partial charge in [-0.05, 0) is 90.4 Å². The van der Waals surface area contributed by atoms with Gasteiger partial charge in [0.15, 0.2) is 0 Å². The lowest BCUT2D eigenvalue weighted by atomic mass is 9.86. The molecular formula is C42H49Cl2N5O3. The summed E-state index contributed by atoms with van der Waals surface area (Å²) in [6.45, 7) is 9.41. The second kappa shape index (κ2) is 17.8. The Morgan fingerprint density at radius 2 is 1.48 bits per heavy atom. The van der Waals surface area contributed by atoms with E-state index in [1.54, 1.807) is 17.0 Å². The van der Waals surface area contributed by atoms with Gasteiger partial charge < -0.3 is 21.1 Å². The lowest BCUT2D eigenvalue weighted by Crippen LogP contribution is -2.44. The number of nitrogen functional groups attached to an aromatic ring is 1. The second-order valence-corrected chi connectivity index (χ2v) is 15.0. The Hall–Kier alpha value is -4.53. The van der Waals surface area contributed by atoms with Gasteiger partial charge in [-0.1, -0.05) is 106 Å². The molecule has 1 aliphatic rings. The van der Waals surface area contributed by atoms with Crippen molar-refractivity contribution in [3.8, 4) is 5.75 Å². The molecular weight excluding hydrogens is 693 g/mol. The van der Waals surface area contributed by atoms with Crippen LogP contribution in [0.15, 0.2) is 96.0 Å². The van der Waals surface area contributed by atoms with Crippen LogP contribution in [0.2, 0.25) is 10.0 Å². The van der Waals surface area contributed by atoms with E-state index in [4.69, 9.17) is 38.7 Å². The summed E-state index contributed by atoms with van der Waals surface area (Å²) in [4.78, 5) is 33.8. The van der Waals surface area contributed by atoms with E-state index in [0.29, 0.717) is 52.6 Å². The Morgan fingerprint density at radius 3 is 2.13 bits per heavy atom. The summed E-state index contributed by atoms with van der Waals surface area (Å²) in [6, 6.07) is 27.5. The van der Waals surface area contributed by atoms with E-state index in [-0.39, 0.29) is 17.4 Å². The largest absolute Gasteiger partial charge is 0.493 e. The van der Waals surface area contributed by atoms with Gasteiger partial charge in [0.25, 0.3) is 0 Å². The molecule has 52 heavy (non-hydrogen) atoms. The van der Waals surface area contributed by atoms with Crippen LogP contribution in [0.25, 0.3) is 0 Å². The summed E-state index contributed by atoms with van der Waals surface area (Å²) >= 11 is 12.6. The lowest BCUT2D eigenvalue weighted by Gasteiger charge is -2.30. The molecule has 4 N–H and O–H groups in total. The first-order valence-corrected chi connectivity index (χ1v) is 18.8. The number of halogens is 2. The molecule has 4 aromatic carbocycles. The van der Waals surface area contributed by atoms with Crippen LogP contribution in [-0.4, -0.2) is 35.8 Å². The van der Waals surface area contributed by atoms with Crippen LogP contribution in [0.4, 0.5) is 16.2 Å². The zero-order valence-corrected chi connectivity index (χ0v) is 31.9. The molecule has 0 aliphatic carbocycles. The van der Waals surface area contributed by atoms with Crippen molar-refractivity contribution in [2.75, 3.05) is 24.2 Å². The van der Waals surface area contributed by atoms with E-state index in [2.05, 4.69) is 43.5 Å². The van der Waals surface area contributed by atoms with Gasteiger partial charge in [-0.15, -0.1) is 0 Å². The standard InChI is InChI=1S/C42H49Cl2N5O3/c1-5-52-36-27-30(42(2,3)4)20-25-33(36)40-48-38(28-16-21-31(43)22-17-28)39(29-18-23-32(44)24-19-29)49(40)41(51)46-26-12-8-6-7-9-15-37(50)47-35-14-11-10-13-34(35)45/h10-11,13-14,16-25,27,38-39H,5-9,12,15,26,45H2,1-4H3,(H,46,51)(H,47,50). The molecule has 4 aromatic rings. The number of benzene rings is 4. The SMILES string of the molecule is CCOc1cc(C(C)(C)C)ccc1C1=NC(c2ccc(Cl)cc2)C(c2ccc(Cl)cc2)N1C(=O)NCCCCCCCC(=O)Nc1ccccc1N. The van der Waals surface area contributed by atoms with Crippen molar-refractivity contribution in [3.63, 3.8) is 0 Å². The number of aliphatic imine (C=N–C) groups is 1. The van der Waals surface area contributed by atoms with E-state index < -0.39 is 12.1 Å². The second-order valence-electron chi connectivity index (χ2n) is 14.1. The van der Waals surface area contributed by atoms with Crippen LogP contribution >= 0.6 is 23.2 Å². The lowest BCUT2D eigenvalue weighted by molar-refractivity contribution is -0.116. The maximum absolute atomic E-state index is 14.4. The van der Waals surface area contributed by atoms with E-state index in [1.807, 2.05) is 73.7 Å². The molecule has 1 aliphatic heterocycles. The number of nitrogens with one attached hydrogen (secondary N) is 2. The number of hydrogen-bond donors (Lipinski definition) is 3. The Morgan fingerprint density at radius 1 is 0.846 bits per heavy atom. The number of anilines is 2. The zero-order valence-electron chi connectivity index (χ0n) is 30.4. The molecule has 0 saturated heterocycles. The van der Waals surface area contributed by atoms with Crippen LogP contribution < -0.4 is 21.1 Å². The fraction of sp³-hybridized carbons (Fsp3) is 0.357. The van der Waals surface area contributed by atoms with Crippen molar-refractivity contribution in [3.05, 3.63) is 123 Å². The summed E-state index contributed by atoms with van der Waals surface area (Å²) in [5.74, 6) is 1.18. The maximum atomic E-state index is 14.4. The third kappa shape index (κ3) is 9.87. The van der Waals surface area contributed by atoms with Crippen molar-refractivity contribution < 1.29 is 14.3 Å². The predicted molar refractivity (Wildman–Crippen MR) is 214 cm³/mol. The molecule has 1 heterocycles. The highest BCUT2D eigenvalue weighted by molar-refractivity contribution is 6.30. The Bertz CT molecular complexity index is 1860. The van der Waals surface area contributed by atoms with Crippen molar-refractivity contribution in [2.45, 2.75) is 83.7 Å². The minimum Gasteiger partial charge on any atom is -0.493 e. The number of para-hydroxylation sites is 2. The molecule has 8 nitrogen and oxygen atoms in total.